The molecule has 0 heterocycles. The van der Waals surface area contributed by atoms with Crippen LogP contribution in [0.5, 0.6) is 0 Å². The fourth-order valence-corrected chi connectivity index (χ4v) is 0.775. The van der Waals surface area contributed by atoms with Crippen molar-refractivity contribution in [3.05, 3.63) is 0 Å². The molecule has 11 heavy (non-hydrogen) atoms. The first-order valence-electron chi connectivity index (χ1n) is 4.06. The van der Waals surface area contributed by atoms with E-state index in [1.54, 1.807) is 0 Å². The van der Waals surface area contributed by atoms with Crippen molar-refractivity contribution in [3.8, 4) is 0 Å². The van der Waals surface area contributed by atoms with Crippen molar-refractivity contribution in [2.75, 3.05) is 19.6 Å². The number of hydrogen-bond acceptors (Lipinski definition) is 2. The lowest BCUT2D eigenvalue weighted by molar-refractivity contribution is 0.631. The predicted octanol–water partition coefficient (Wildman–Crippen LogP) is -0.141. The first-order valence-corrected chi connectivity index (χ1v) is 4.06. The van der Waals surface area contributed by atoms with Crippen LogP contribution in [0, 0.1) is 5.41 Å². The van der Waals surface area contributed by atoms with Crippen LogP contribution in [-0.4, -0.2) is 25.6 Å². The Morgan fingerprint density at radius 3 is 2.55 bits per heavy atom. The third kappa shape index (κ3) is 9.23. The zero-order chi connectivity index (χ0) is 8.53. The topological polar surface area (TPSA) is 73.9 Å². The van der Waals surface area contributed by atoms with Crippen LogP contribution in [0.15, 0.2) is 0 Å². The Labute approximate surface area is 68.1 Å². The van der Waals surface area contributed by atoms with E-state index < -0.39 is 0 Å². The van der Waals surface area contributed by atoms with Gasteiger partial charge in [0.2, 0.25) is 0 Å². The van der Waals surface area contributed by atoms with Crippen molar-refractivity contribution in [3.63, 3.8) is 0 Å². The highest BCUT2D eigenvalue weighted by molar-refractivity contribution is 5.74. The Kier molecular flexibility index (Phi) is 6.82. The fourth-order valence-electron chi connectivity index (χ4n) is 0.775. The molecule has 66 valence electrons. The van der Waals surface area contributed by atoms with Gasteiger partial charge in [0.15, 0.2) is 5.96 Å². The number of hydrogen-bond donors (Lipinski definition) is 4. The van der Waals surface area contributed by atoms with E-state index >= 15 is 0 Å². The van der Waals surface area contributed by atoms with Crippen molar-refractivity contribution in [1.29, 1.82) is 5.41 Å². The van der Waals surface area contributed by atoms with Gasteiger partial charge in [0, 0.05) is 6.54 Å². The lowest BCUT2D eigenvalue weighted by Gasteiger charge is -2.03. The van der Waals surface area contributed by atoms with Gasteiger partial charge in [-0.3, -0.25) is 5.41 Å². The summed E-state index contributed by atoms with van der Waals surface area (Å²) in [6.07, 6.45) is 2.20. The highest BCUT2D eigenvalue weighted by Crippen LogP contribution is 1.82. The molecule has 0 aliphatic carbocycles. The standard InChI is InChI=1S/C7H18N4/c1-2-10-5-3-4-6-11-7(8)9/h10H,2-6H2,1H3,(H4,8,9,11). The molecular formula is C7H18N4. The number of nitrogens with one attached hydrogen (secondary N) is 3. The summed E-state index contributed by atoms with van der Waals surface area (Å²) >= 11 is 0. The van der Waals surface area contributed by atoms with Gasteiger partial charge in [-0.2, -0.15) is 0 Å². The minimum atomic E-state index is 0.0634. The SMILES string of the molecule is CCNCCCCNC(=N)N. The second kappa shape index (κ2) is 7.34. The first kappa shape index (κ1) is 10.2. The minimum absolute atomic E-state index is 0.0634. The minimum Gasteiger partial charge on any atom is -0.370 e. The molecule has 4 nitrogen and oxygen atoms in total. The molecule has 0 aromatic carbocycles. The molecule has 0 unspecified atom stereocenters. The summed E-state index contributed by atoms with van der Waals surface area (Å²) in [5, 5.41) is 12.8. The third-order valence-corrected chi connectivity index (χ3v) is 1.35. The van der Waals surface area contributed by atoms with E-state index in [1.807, 2.05) is 0 Å². The highest BCUT2D eigenvalue weighted by Gasteiger charge is 1.88. The van der Waals surface area contributed by atoms with E-state index in [9.17, 15) is 0 Å². The zero-order valence-electron chi connectivity index (χ0n) is 7.11. The van der Waals surface area contributed by atoms with Gasteiger partial charge in [-0.05, 0) is 25.9 Å². The summed E-state index contributed by atoms with van der Waals surface area (Å²) < 4.78 is 0. The van der Waals surface area contributed by atoms with Gasteiger partial charge in [-0.1, -0.05) is 6.92 Å². The molecule has 0 aromatic rings. The molecule has 0 spiro atoms. The maximum Gasteiger partial charge on any atom is 0.185 e. The van der Waals surface area contributed by atoms with Crippen molar-refractivity contribution in [2.45, 2.75) is 19.8 Å². The molecule has 0 aliphatic rings. The summed E-state index contributed by atoms with van der Waals surface area (Å²) in [4.78, 5) is 0. The quantitative estimate of drug-likeness (QED) is 0.247. The van der Waals surface area contributed by atoms with Crippen LogP contribution in [-0.2, 0) is 0 Å². The Hall–Kier alpha value is -0.770. The lowest BCUT2D eigenvalue weighted by atomic mass is 10.3. The number of guanidine groups is 1. The molecule has 0 saturated heterocycles. The van der Waals surface area contributed by atoms with E-state index in [2.05, 4.69) is 17.6 Å². The van der Waals surface area contributed by atoms with Gasteiger partial charge >= 0.3 is 0 Å². The van der Waals surface area contributed by atoms with Gasteiger partial charge in [0.1, 0.15) is 0 Å². The van der Waals surface area contributed by atoms with Crippen LogP contribution in [0.4, 0.5) is 0 Å². The molecule has 0 atom stereocenters. The van der Waals surface area contributed by atoms with E-state index in [-0.39, 0.29) is 5.96 Å². The summed E-state index contributed by atoms with van der Waals surface area (Å²) in [6.45, 7) is 4.98. The maximum absolute atomic E-state index is 6.86. The van der Waals surface area contributed by atoms with Crippen LogP contribution in [0.3, 0.4) is 0 Å². The molecule has 0 bridgehead atoms. The Bertz CT molecular complexity index is 103. The molecule has 0 aromatic heterocycles. The second-order valence-corrected chi connectivity index (χ2v) is 2.40. The smallest absolute Gasteiger partial charge is 0.185 e. The number of nitrogens with two attached hydrogens (primary N) is 1. The lowest BCUT2D eigenvalue weighted by Crippen LogP contribution is -2.31. The molecule has 4 heteroatoms. The maximum atomic E-state index is 6.86. The Morgan fingerprint density at radius 1 is 1.36 bits per heavy atom. The van der Waals surface area contributed by atoms with Crippen LogP contribution < -0.4 is 16.4 Å². The van der Waals surface area contributed by atoms with E-state index in [1.165, 1.54) is 0 Å². The van der Waals surface area contributed by atoms with Gasteiger partial charge in [-0.15, -0.1) is 0 Å². The van der Waals surface area contributed by atoms with Gasteiger partial charge < -0.3 is 16.4 Å². The normalized spacial score (nSPS) is 9.55. The van der Waals surface area contributed by atoms with Crippen LogP contribution in [0.1, 0.15) is 19.8 Å². The van der Waals surface area contributed by atoms with Crippen molar-refractivity contribution >= 4 is 5.96 Å². The van der Waals surface area contributed by atoms with Crippen molar-refractivity contribution in [1.82, 2.24) is 10.6 Å². The Balaban J connectivity index is 2.85. The molecule has 0 amide bonds. The number of unbranched alkanes of at least 4 members (excludes halogenated alkanes) is 1. The zero-order valence-corrected chi connectivity index (χ0v) is 7.11. The van der Waals surface area contributed by atoms with Crippen LogP contribution in [0.2, 0.25) is 0 Å². The summed E-state index contributed by atoms with van der Waals surface area (Å²) in [5.41, 5.74) is 5.09. The molecular weight excluding hydrogens is 140 g/mol. The molecule has 5 N–H and O–H groups in total. The van der Waals surface area contributed by atoms with E-state index in [0.29, 0.717) is 0 Å². The predicted molar refractivity (Wildman–Crippen MR) is 47.7 cm³/mol. The largest absolute Gasteiger partial charge is 0.370 e. The first-order chi connectivity index (χ1) is 5.27. The molecule has 0 fully saturated rings. The van der Waals surface area contributed by atoms with Gasteiger partial charge in [-0.25, -0.2) is 0 Å². The fraction of sp³-hybridized carbons (Fsp3) is 0.857. The summed E-state index contributed by atoms with van der Waals surface area (Å²) in [6, 6.07) is 0. The second-order valence-electron chi connectivity index (χ2n) is 2.40. The van der Waals surface area contributed by atoms with E-state index in [0.717, 1.165) is 32.5 Å². The Morgan fingerprint density at radius 2 is 2.00 bits per heavy atom. The molecule has 0 radical (unpaired) electrons. The van der Waals surface area contributed by atoms with Crippen LogP contribution in [0.25, 0.3) is 0 Å². The van der Waals surface area contributed by atoms with E-state index in [4.69, 9.17) is 11.1 Å². The van der Waals surface area contributed by atoms with Crippen molar-refractivity contribution in [2.24, 2.45) is 5.73 Å². The average molecular weight is 158 g/mol. The average Bonchev–Trinajstić information content (AvgIpc) is 1.96. The summed E-state index contributed by atoms with van der Waals surface area (Å²) in [5.74, 6) is 0.0634. The summed E-state index contributed by atoms with van der Waals surface area (Å²) in [7, 11) is 0. The molecule has 0 saturated carbocycles. The van der Waals surface area contributed by atoms with Crippen LogP contribution >= 0.6 is 0 Å². The van der Waals surface area contributed by atoms with Gasteiger partial charge in [0.05, 0.1) is 0 Å². The monoisotopic (exact) mass is 158 g/mol. The molecule has 0 rings (SSSR count). The van der Waals surface area contributed by atoms with Crippen molar-refractivity contribution < 1.29 is 0 Å². The molecule has 0 aliphatic heterocycles. The highest BCUT2D eigenvalue weighted by atomic mass is 15.0. The number of rotatable bonds is 6. The van der Waals surface area contributed by atoms with Gasteiger partial charge in [0.25, 0.3) is 0 Å². The third-order valence-electron chi connectivity index (χ3n) is 1.35.